The third kappa shape index (κ3) is 3.06. The Labute approximate surface area is 134 Å². The van der Waals surface area contributed by atoms with Gasteiger partial charge in [0.15, 0.2) is 5.69 Å². The number of amides is 1. The number of hydrogen-bond acceptors (Lipinski definition) is 5. The zero-order valence-corrected chi connectivity index (χ0v) is 13.0. The predicted octanol–water partition coefficient (Wildman–Crippen LogP) is 1.76. The van der Waals surface area contributed by atoms with Crippen LogP contribution in [0.1, 0.15) is 10.5 Å². The maximum Gasteiger partial charge on any atom is 0.276 e. The Balaban J connectivity index is 1.69. The lowest BCUT2D eigenvalue weighted by molar-refractivity contribution is 0.0737. The summed E-state index contributed by atoms with van der Waals surface area (Å²) in [6, 6.07) is 10.9. The number of benzene rings is 1. The number of pyridine rings is 1. The molecule has 1 aromatic heterocycles. The van der Waals surface area contributed by atoms with Crippen LogP contribution in [0.2, 0.25) is 0 Å². The molecular formula is C17H19N3O3. The number of carbonyl (C=O) groups excluding carboxylic acids is 1. The highest BCUT2D eigenvalue weighted by Gasteiger charge is 2.25. The molecule has 2 heterocycles. The van der Waals surface area contributed by atoms with E-state index in [1.54, 1.807) is 18.1 Å². The van der Waals surface area contributed by atoms with Crippen LogP contribution in [0.15, 0.2) is 42.6 Å². The van der Waals surface area contributed by atoms with Gasteiger partial charge in [0.05, 0.1) is 12.8 Å². The van der Waals surface area contributed by atoms with Crippen molar-refractivity contribution in [1.29, 1.82) is 0 Å². The van der Waals surface area contributed by atoms with E-state index in [4.69, 9.17) is 4.74 Å². The summed E-state index contributed by atoms with van der Waals surface area (Å²) in [6.45, 7) is 2.57. The fourth-order valence-corrected chi connectivity index (χ4v) is 2.75. The molecule has 0 bridgehead atoms. The van der Waals surface area contributed by atoms with Crippen molar-refractivity contribution in [3.63, 3.8) is 0 Å². The van der Waals surface area contributed by atoms with Gasteiger partial charge in [0, 0.05) is 32.4 Å². The Hall–Kier alpha value is -2.76. The standard InChI is InChI=1S/C17H19N3O3/c1-23-15-7-3-2-5-13(15)19-9-11-20(12-10-19)17(22)16-14(21)6-4-8-18-16/h2-8,21H,9-12H2,1H3. The molecule has 1 fully saturated rings. The SMILES string of the molecule is COc1ccccc1N1CCN(C(=O)c2ncccc2O)CC1. The van der Waals surface area contributed by atoms with Crippen LogP contribution in [-0.4, -0.2) is 54.2 Å². The Bertz CT molecular complexity index is 697. The largest absolute Gasteiger partial charge is 0.505 e. The molecule has 0 radical (unpaired) electrons. The Morgan fingerprint density at radius 1 is 1.13 bits per heavy atom. The molecule has 0 unspecified atom stereocenters. The topological polar surface area (TPSA) is 65.9 Å². The normalized spacial score (nSPS) is 14.7. The molecule has 0 atom stereocenters. The van der Waals surface area contributed by atoms with Gasteiger partial charge in [-0.2, -0.15) is 0 Å². The minimum atomic E-state index is -0.234. The molecule has 120 valence electrons. The number of aromatic nitrogens is 1. The Kier molecular flexibility index (Phi) is 4.32. The lowest BCUT2D eigenvalue weighted by atomic mass is 10.2. The van der Waals surface area contributed by atoms with Crippen LogP contribution in [0.5, 0.6) is 11.5 Å². The Morgan fingerprint density at radius 2 is 1.87 bits per heavy atom. The van der Waals surface area contributed by atoms with Gasteiger partial charge in [-0.15, -0.1) is 0 Å². The van der Waals surface area contributed by atoms with Crippen molar-refractivity contribution in [3.05, 3.63) is 48.3 Å². The zero-order valence-electron chi connectivity index (χ0n) is 13.0. The van der Waals surface area contributed by atoms with Gasteiger partial charge >= 0.3 is 0 Å². The minimum Gasteiger partial charge on any atom is -0.505 e. The molecular weight excluding hydrogens is 294 g/mol. The first-order chi connectivity index (χ1) is 11.2. The van der Waals surface area contributed by atoms with Crippen molar-refractivity contribution < 1.29 is 14.6 Å². The van der Waals surface area contributed by atoms with E-state index in [2.05, 4.69) is 9.88 Å². The van der Waals surface area contributed by atoms with Crippen LogP contribution in [0.4, 0.5) is 5.69 Å². The van der Waals surface area contributed by atoms with E-state index < -0.39 is 0 Å². The summed E-state index contributed by atoms with van der Waals surface area (Å²) >= 11 is 0. The molecule has 23 heavy (non-hydrogen) atoms. The highest BCUT2D eigenvalue weighted by atomic mass is 16.5. The lowest BCUT2D eigenvalue weighted by Crippen LogP contribution is -2.49. The number of anilines is 1. The quantitative estimate of drug-likeness (QED) is 0.935. The first-order valence-electron chi connectivity index (χ1n) is 7.52. The van der Waals surface area contributed by atoms with E-state index in [0.29, 0.717) is 26.2 Å². The van der Waals surface area contributed by atoms with E-state index in [1.807, 2.05) is 24.3 Å². The third-order valence-electron chi connectivity index (χ3n) is 3.98. The molecule has 0 aliphatic carbocycles. The van der Waals surface area contributed by atoms with Gasteiger partial charge < -0.3 is 19.6 Å². The molecule has 1 amide bonds. The van der Waals surface area contributed by atoms with Crippen molar-refractivity contribution in [1.82, 2.24) is 9.88 Å². The first kappa shape index (κ1) is 15.1. The maximum absolute atomic E-state index is 12.4. The van der Waals surface area contributed by atoms with Gasteiger partial charge in [0.25, 0.3) is 5.91 Å². The lowest BCUT2D eigenvalue weighted by Gasteiger charge is -2.36. The summed E-state index contributed by atoms with van der Waals surface area (Å²) in [7, 11) is 1.66. The number of nitrogens with zero attached hydrogens (tertiary/aromatic N) is 3. The number of methoxy groups -OCH3 is 1. The zero-order chi connectivity index (χ0) is 16.2. The second-order valence-corrected chi connectivity index (χ2v) is 5.32. The summed E-state index contributed by atoms with van der Waals surface area (Å²) in [5.74, 6) is 0.516. The maximum atomic E-state index is 12.4. The average Bonchev–Trinajstić information content (AvgIpc) is 2.61. The number of piperazine rings is 1. The van der Waals surface area contributed by atoms with E-state index in [9.17, 15) is 9.90 Å². The van der Waals surface area contributed by atoms with Crippen molar-refractivity contribution >= 4 is 11.6 Å². The summed E-state index contributed by atoms with van der Waals surface area (Å²) in [4.78, 5) is 20.3. The fraction of sp³-hybridized carbons (Fsp3) is 0.294. The number of ether oxygens (including phenoxy) is 1. The van der Waals surface area contributed by atoms with E-state index in [1.165, 1.54) is 12.3 Å². The van der Waals surface area contributed by atoms with E-state index in [-0.39, 0.29) is 17.4 Å². The smallest absolute Gasteiger partial charge is 0.276 e. The number of aromatic hydroxyl groups is 1. The van der Waals surface area contributed by atoms with Crippen LogP contribution in [0.25, 0.3) is 0 Å². The molecule has 2 aromatic rings. The summed E-state index contributed by atoms with van der Waals surface area (Å²) in [5, 5.41) is 9.77. The average molecular weight is 313 g/mol. The second kappa shape index (κ2) is 6.56. The summed E-state index contributed by atoms with van der Waals surface area (Å²) < 4.78 is 5.39. The van der Waals surface area contributed by atoms with Crippen molar-refractivity contribution in [3.8, 4) is 11.5 Å². The number of hydrogen-bond donors (Lipinski definition) is 1. The van der Waals surface area contributed by atoms with Gasteiger partial charge in [-0.05, 0) is 24.3 Å². The van der Waals surface area contributed by atoms with Gasteiger partial charge in [-0.3, -0.25) is 4.79 Å². The van der Waals surface area contributed by atoms with Crippen LogP contribution in [-0.2, 0) is 0 Å². The molecule has 1 N–H and O–H groups in total. The van der Waals surface area contributed by atoms with Crippen LogP contribution >= 0.6 is 0 Å². The molecule has 1 aliphatic rings. The van der Waals surface area contributed by atoms with Gasteiger partial charge in [0.1, 0.15) is 11.5 Å². The molecule has 0 saturated carbocycles. The molecule has 1 saturated heterocycles. The third-order valence-corrected chi connectivity index (χ3v) is 3.98. The summed E-state index contributed by atoms with van der Waals surface area (Å²) in [5.41, 5.74) is 1.14. The van der Waals surface area contributed by atoms with Crippen LogP contribution in [0, 0.1) is 0 Å². The van der Waals surface area contributed by atoms with E-state index in [0.717, 1.165) is 11.4 Å². The number of para-hydroxylation sites is 2. The van der Waals surface area contributed by atoms with Gasteiger partial charge in [-0.25, -0.2) is 4.98 Å². The van der Waals surface area contributed by atoms with Crippen LogP contribution < -0.4 is 9.64 Å². The van der Waals surface area contributed by atoms with E-state index >= 15 is 0 Å². The molecule has 1 aliphatic heterocycles. The molecule has 1 aromatic carbocycles. The predicted molar refractivity (Wildman–Crippen MR) is 87.0 cm³/mol. The molecule has 6 nitrogen and oxygen atoms in total. The number of carbonyl (C=O) groups is 1. The number of rotatable bonds is 3. The fourth-order valence-electron chi connectivity index (χ4n) is 2.75. The Morgan fingerprint density at radius 3 is 2.57 bits per heavy atom. The van der Waals surface area contributed by atoms with Crippen molar-refractivity contribution in [2.24, 2.45) is 0 Å². The monoisotopic (exact) mass is 313 g/mol. The second-order valence-electron chi connectivity index (χ2n) is 5.32. The minimum absolute atomic E-state index is 0.0790. The highest BCUT2D eigenvalue weighted by molar-refractivity contribution is 5.94. The summed E-state index contributed by atoms with van der Waals surface area (Å²) in [6.07, 6.45) is 1.51. The molecule has 0 spiro atoms. The molecule has 3 rings (SSSR count). The van der Waals surface area contributed by atoms with Crippen LogP contribution in [0.3, 0.4) is 0 Å². The first-order valence-corrected chi connectivity index (χ1v) is 7.52. The molecule has 6 heteroatoms. The highest BCUT2D eigenvalue weighted by Crippen LogP contribution is 2.28. The van der Waals surface area contributed by atoms with Crippen molar-refractivity contribution in [2.75, 3.05) is 38.2 Å². The van der Waals surface area contributed by atoms with Gasteiger partial charge in [0.2, 0.25) is 0 Å². The van der Waals surface area contributed by atoms with Crippen molar-refractivity contribution in [2.45, 2.75) is 0 Å². The van der Waals surface area contributed by atoms with Gasteiger partial charge in [-0.1, -0.05) is 12.1 Å².